The fourth-order valence-electron chi connectivity index (χ4n) is 3.29. The van der Waals surface area contributed by atoms with Crippen LogP contribution in [0.3, 0.4) is 0 Å². The first-order valence-electron chi connectivity index (χ1n) is 10.9. The fourth-order valence-corrected chi connectivity index (χ4v) is 4.07. The Bertz CT molecular complexity index is 811. The molecule has 1 aromatic carbocycles. The van der Waals surface area contributed by atoms with Gasteiger partial charge in [-0.05, 0) is 53.9 Å². The van der Waals surface area contributed by atoms with Crippen molar-refractivity contribution in [1.29, 1.82) is 0 Å². The van der Waals surface area contributed by atoms with Gasteiger partial charge in [-0.1, -0.05) is 12.1 Å². The lowest BCUT2D eigenvalue weighted by Crippen LogP contribution is -2.44. The first-order valence-corrected chi connectivity index (χ1v) is 11.8. The van der Waals surface area contributed by atoms with Crippen LogP contribution in [0.25, 0.3) is 0 Å². The summed E-state index contributed by atoms with van der Waals surface area (Å²) in [5.74, 6) is 1.54. The van der Waals surface area contributed by atoms with Gasteiger partial charge in [0, 0.05) is 26.2 Å². The third-order valence-corrected chi connectivity index (χ3v) is 5.87. The molecule has 0 aliphatic carbocycles. The zero-order valence-electron chi connectivity index (χ0n) is 18.9. The molecule has 0 radical (unpaired) electrons. The Morgan fingerprint density at radius 3 is 2.81 bits per heavy atom. The maximum absolute atomic E-state index is 10.7. The second kappa shape index (κ2) is 14.0. The Labute approximate surface area is 212 Å². The number of thiophene rings is 1. The maximum atomic E-state index is 10.7. The number of aliphatic hydroxyl groups is 1. The molecule has 2 aromatic rings. The minimum Gasteiger partial charge on any atom is -0.492 e. The van der Waals surface area contributed by atoms with Crippen LogP contribution in [0.15, 0.2) is 46.1 Å². The van der Waals surface area contributed by atoms with Gasteiger partial charge in [0.05, 0.1) is 26.3 Å². The molecule has 0 bridgehead atoms. The first-order chi connectivity index (χ1) is 15.1. The van der Waals surface area contributed by atoms with Gasteiger partial charge in [-0.2, -0.15) is 11.3 Å². The van der Waals surface area contributed by atoms with Gasteiger partial charge in [0.1, 0.15) is 18.0 Å². The first kappa shape index (κ1) is 26.8. The molecule has 2 heterocycles. The SMILES string of the molecule is CCNC(=NCc1cccc(OCCN2CCOCC2)c1)NCC(C)(O)c1ccsc1.I. The molecule has 0 spiro atoms. The molecule has 1 atom stereocenters. The van der Waals surface area contributed by atoms with Gasteiger partial charge in [-0.3, -0.25) is 4.90 Å². The normalized spacial score (nSPS) is 16.7. The highest BCUT2D eigenvalue weighted by atomic mass is 127. The van der Waals surface area contributed by atoms with Crippen LogP contribution in [0.4, 0.5) is 0 Å². The number of rotatable bonds is 10. The van der Waals surface area contributed by atoms with E-state index in [1.165, 1.54) is 0 Å². The summed E-state index contributed by atoms with van der Waals surface area (Å²) in [5, 5.41) is 21.2. The minimum absolute atomic E-state index is 0. The fraction of sp³-hybridized carbons (Fsp3) is 0.522. The Kier molecular flexibility index (Phi) is 11.7. The number of benzene rings is 1. The van der Waals surface area contributed by atoms with E-state index in [1.807, 2.05) is 54.9 Å². The summed E-state index contributed by atoms with van der Waals surface area (Å²) in [6.45, 7) is 10.6. The molecule has 1 unspecified atom stereocenters. The van der Waals surface area contributed by atoms with Crippen LogP contribution in [0, 0.1) is 0 Å². The second-order valence-electron chi connectivity index (χ2n) is 7.78. The van der Waals surface area contributed by atoms with Gasteiger partial charge in [0.15, 0.2) is 5.96 Å². The summed E-state index contributed by atoms with van der Waals surface area (Å²) in [6.07, 6.45) is 0. The molecule has 7 nitrogen and oxygen atoms in total. The van der Waals surface area contributed by atoms with Gasteiger partial charge in [-0.25, -0.2) is 4.99 Å². The van der Waals surface area contributed by atoms with Crippen LogP contribution >= 0.6 is 35.3 Å². The van der Waals surface area contributed by atoms with Crippen molar-refractivity contribution in [2.24, 2.45) is 4.99 Å². The van der Waals surface area contributed by atoms with E-state index in [2.05, 4.69) is 20.5 Å². The number of morpholine rings is 1. The highest BCUT2D eigenvalue weighted by molar-refractivity contribution is 14.0. The molecule has 1 aliphatic rings. The van der Waals surface area contributed by atoms with Gasteiger partial charge >= 0.3 is 0 Å². The van der Waals surface area contributed by atoms with Crippen molar-refractivity contribution in [3.05, 3.63) is 52.2 Å². The van der Waals surface area contributed by atoms with Crippen molar-refractivity contribution in [3.63, 3.8) is 0 Å². The number of ether oxygens (including phenoxy) is 2. The minimum atomic E-state index is -0.954. The average Bonchev–Trinajstić information content (AvgIpc) is 3.33. The summed E-state index contributed by atoms with van der Waals surface area (Å²) in [5.41, 5.74) is 1.03. The standard InChI is InChI=1S/C23H34N4O3S.HI/c1-3-24-22(26-18-23(2,28)20-7-14-31-17-20)25-16-19-5-4-6-21(15-19)30-13-10-27-8-11-29-12-9-27;/h4-7,14-15,17,28H,3,8-13,16,18H2,1-2H3,(H2,24,25,26);1H. The Hall–Kier alpha value is -1.40. The van der Waals surface area contributed by atoms with E-state index in [1.54, 1.807) is 11.3 Å². The molecule has 9 heteroatoms. The largest absolute Gasteiger partial charge is 0.492 e. The smallest absolute Gasteiger partial charge is 0.191 e. The number of halogens is 1. The van der Waals surface area contributed by atoms with Gasteiger partial charge in [0.25, 0.3) is 0 Å². The Balaban J connectivity index is 0.00000363. The van der Waals surface area contributed by atoms with Crippen molar-refractivity contribution in [1.82, 2.24) is 15.5 Å². The van der Waals surface area contributed by atoms with Crippen LogP contribution in [0.2, 0.25) is 0 Å². The van der Waals surface area contributed by atoms with E-state index < -0.39 is 5.60 Å². The number of aliphatic imine (C=N–C) groups is 1. The molecule has 0 amide bonds. The maximum Gasteiger partial charge on any atom is 0.191 e. The van der Waals surface area contributed by atoms with E-state index in [4.69, 9.17) is 9.47 Å². The molecular formula is C23H35IN4O3S. The van der Waals surface area contributed by atoms with Crippen LogP contribution in [0.5, 0.6) is 5.75 Å². The summed E-state index contributed by atoms with van der Waals surface area (Å²) < 4.78 is 11.3. The summed E-state index contributed by atoms with van der Waals surface area (Å²) in [6, 6.07) is 10.0. The van der Waals surface area contributed by atoms with E-state index in [9.17, 15) is 5.11 Å². The summed E-state index contributed by atoms with van der Waals surface area (Å²) >= 11 is 1.58. The Morgan fingerprint density at radius 2 is 2.09 bits per heavy atom. The van der Waals surface area contributed by atoms with Crippen LogP contribution < -0.4 is 15.4 Å². The monoisotopic (exact) mass is 574 g/mol. The van der Waals surface area contributed by atoms with Crippen molar-refractivity contribution in [2.75, 3.05) is 52.5 Å². The molecule has 1 saturated heterocycles. The molecule has 32 heavy (non-hydrogen) atoms. The Morgan fingerprint density at radius 1 is 1.28 bits per heavy atom. The van der Waals surface area contributed by atoms with E-state index in [0.717, 1.165) is 56.3 Å². The number of guanidine groups is 1. The van der Waals surface area contributed by atoms with E-state index in [0.29, 0.717) is 25.7 Å². The van der Waals surface area contributed by atoms with Gasteiger partial charge in [0.2, 0.25) is 0 Å². The number of nitrogens with one attached hydrogen (secondary N) is 2. The third-order valence-electron chi connectivity index (χ3n) is 5.19. The highest BCUT2D eigenvalue weighted by Crippen LogP contribution is 2.22. The predicted octanol–water partition coefficient (Wildman–Crippen LogP) is 3.04. The zero-order chi connectivity index (χ0) is 21.9. The topological polar surface area (TPSA) is 78.4 Å². The van der Waals surface area contributed by atoms with Gasteiger partial charge < -0.3 is 25.2 Å². The van der Waals surface area contributed by atoms with Crippen LogP contribution in [-0.4, -0.2) is 68.5 Å². The molecule has 1 aromatic heterocycles. The lowest BCUT2D eigenvalue weighted by molar-refractivity contribution is 0.0322. The van der Waals surface area contributed by atoms with Crippen molar-refractivity contribution in [2.45, 2.75) is 26.0 Å². The van der Waals surface area contributed by atoms with E-state index in [-0.39, 0.29) is 24.0 Å². The number of hydrogen-bond donors (Lipinski definition) is 3. The van der Waals surface area contributed by atoms with E-state index >= 15 is 0 Å². The van der Waals surface area contributed by atoms with Crippen molar-refractivity contribution < 1.29 is 14.6 Å². The van der Waals surface area contributed by atoms with Crippen LogP contribution in [0.1, 0.15) is 25.0 Å². The number of nitrogens with zero attached hydrogens (tertiary/aromatic N) is 2. The van der Waals surface area contributed by atoms with Crippen LogP contribution in [-0.2, 0) is 16.9 Å². The summed E-state index contributed by atoms with van der Waals surface area (Å²) in [7, 11) is 0. The predicted molar refractivity (Wildman–Crippen MR) is 141 cm³/mol. The zero-order valence-corrected chi connectivity index (χ0v) is 22.0. The molecule has 3 rings (SSSR count). The highest BCUT2D eigenvalue weighted by Gasteiger charge is 2.23. The average molecular weight is 575 g/mol. The number of hydrogen-bond acceptors (Lipinski definition) is 6. The molecule has 3 N–H and O–H groups in total. The van der Waals surface area contributed by atoms with Gasteiger partial charge in [-0.15, -0.1) is 24.0 Å². The second-order valence-corrected chi connectivity index (χ2v) is 8.56. The quantitative estimate of drug-likeness (QED) is 0.230. The lowest BCUT2D eigenvalue weighted by atomic mass is 9.99. The molecule has 1 aliphatic heterocycles. The van der Waals surface area contributed by atoms with Crippen molar-refractivity contribution in [3.8, 4) is 5.75 Å². The third kappa shape index (κ3) is 8.86. The molecule has 0 saturated carbocycles. The molecule has 1 fully saturated rings. The van der Waals surface area contributed by atoms with Crippen molar-refractivity contribution >= 4 is 41.3 Å². The summed E-state index contributed by atoms with van der Waals surface area (Å²) in [4.78, 5) is 7.03. The lowest BCUT2D eigenvalue weighted by Gasteiger charge is -2.26. The molecule has 178 valence electrons. The molecular weight excluding hydrogens is 539 g/mol.